The summed E-state index contributed by atoms with van der Waals surface area (Å²) in [5.74, 6) is 0.436. The van der Waals surface area contributed by atoms with Crippen molar-refractivity contribution in [1.29, 1.82) is 0 Å². The standard InChI is InChI=1S/C23H26N8O2/c1-29-8-10-30(11-9-29)12-13-31-16-19(22(28-31)18-4-2-3-7-24-18)27-23(32)21-6-5-20(33-21)17-14-25-26-15-17/h2-7,14-16H,8-13H2,1H3,(H,25,26)(H,27,32). The van der Waals surface area contributed by atoms with Crippen molar-refractivity contribution in [2.75, 3.05) is 45.1 Å². The zero-order valence-electron chi connectivity index (χ0n) is 18.4. The van der Waals surface area contributed by atoms with Crippen LogP contribution in [0.1, 0.15) is 10.6 Å². The van der Waals surface area contributed by atoms with E-state index in [1.165, 1.54) is 0 Å². The van der Waals surface area contributed by atoms with Crippen LogP contribution in [0.15, 0.2) is 59.5 Å². The molecule has 0 bridgehead atoms. The first-order chi connectivity index (χ1) is 16.2. The predicted octanol–water partition coefficient (Wildman–Crippen LogP) is 2.43. The number of likely N-dealkylation sites (N-methyl/N-ethyl adjacent to an activating group) is 1. The fourth-order valence-electron chi connectivity index (χ4n) is 3.82. The Morgan fingerprint density at radius 3 is 2.79 bits per heavy atom. The molecule has 0 unspecified atom stereocenters. The van der Waals surface area contributed by atoms with Crippen molar-refractivity contribution in [3.05, 3.63) is 60.9 Å². The van der Waals surface area contributed by atoms with Crippen LogP contribution in [0.4, 0.5) is 5.69 Å². The molecule has 5 rings (SSSR count). The van der Waals surface area contributed by atoms with Gasteiger partial charge in [0.2, 0.25) is 0 Å². The third-order valence-electron chi connectivity index (χ3n) is 5.77. The van der Waals surface area contributed by atoms with Gasteiger partial charge in [0.25, 0.3) is 5.91 Å². The number of nitrogens with zero attached hydrogens (tertiary/aromatic N) is 6. The normalized spacial score (nSPS) is 15.1. The van der Waals surface area contributed by atoms with E-state index in [1.807, 2.05) is 29.1 Å². The molecule has 0 spiro atoms. The molecule has 170 valence electrons. The van der Waals surface area contributed by atoms with Crippen LogP contribution >= 0.6 is 0 Å². The van der Waals surface area contributed by atoms with Crippen LogP contribution in [0.3, 0.4) is 0 Å². The van der Waals surface area contributed by atoms with Crippen molar-refractivity contribution in [3.63, 3.8) is 0 Å². The number of piperazine rings is 1. The van der Waals surface area contributed by atoms with Crippen LogP contribution in [0, 0.1) is 0 Å². The van der Waals surface area contributed by atoms with Gasteiger partial charge in [0.05, 0.1) is 29.7 Å². The lowest BCUT2D eigenvalue weighted by molar-refractivity contribution is 0.0997. The number of furan rings is 1. The molecule has 10 nitrogen and oxygen atoms in total. The van der Waals surface area contributed by atoms with Crippen molar-refractivity contribution in [2.24, 2.45) is 0 Å². The fourth-order valence-corrected chi connectivity index (χ4v) is 3.82. The van der Waals surface area contributed by atoms with Crippen molar-refractivity contribution < 1.29 is 9.21 Å². The number of aromatic nitrogens is 5. The van der Waals surface area contributed by atoms with Gasteiger partial charge in [-0.2, -0.15) is 10.2 Å². The molecule has 0 radical (unpaired) electrons. The number of carbonyl (C=O) groups excluding carboxylic acids is 1. The Hall–Kier alpha value is -3.76. The van der Waals surface area contributed by atoms with Gasteiger partial charge < -0.3 is 14.6 Å². The highest BCUT2D eigenvalue weighted by atomic mass is 16.3. The first-order valence-electron chi connectivity index (χ1n) is 11.0. The lowest BCUT2D eigenvalue weighted by Crippen LogP contribution is -2.45. The number of pyridine rings is 1. The van der Waals surface area contributed by atoms with Crippen molar-refractivity contribution in [2.45, 2.75) is 6.54 Å². The van der Waals surface area contributed by atoms with Crippen LogP contribution in [-0.4, -0.2) is 80.4 Å². The van der Waals surface area contributed by atoms with Gasteiger partial charge in [0, 0.05) is 51.3 Å². The highest BCUT2D eigenvalue weighted by Crippen LogP contribution is 2.26. The minimum atomic E-state index is -0.347. The number of hydrogen-bond donors (Lipinski definition) is 2. The molecule has 1 saturated heterocycles. The zero-order chi connectivity index (χ0) is 22.6. The van der Waals surface area contributed by atoms with Gasteiger partial charge in [-0.05, 0) is 31.3 Å². The molecular formula is C23H26N8O2. The van der Waals surface area contributed by atoms with E-state index in [1.54, 1.807) is 30.7 Å². The average molecular weight is 447 g/mol. The number of nitrogens with one attached hydrogen (secondary N) is 2. The molecule has 1 aliphatic heterocycles. The molecule has 0 saturated carbocycles. The predicted molar refractivity (Wildman–Crippen MR) is 124 cm³/mol. The second kappa shape index (κ2) is 9.39. The zero-order valence-corrected chi connectivity index (χ0v) is 18.4. The monoisotopic (exact) mass is 446 g/mol. The molecule has 0 aromatic carbocycles. The van der Waals surface area contributed by atoms with E-state index in [2.05, 4.69) is 37.3 Å². The van der Waals surface area contributed by atoms with E-state index in [0.717, 1.165) is 44.8 Å². The van der Waals surface area contributed by atoms with E-state index in [-0.39, 0.29) is 11.7 Å². The van der Waals surface area contributed by atoms with Gasteiger partial charge in [0.15, 0.2) is 5.76 Å². The molecule has 4 aromatic rings. The smallest absolute Gasteiger partial charge is 0.291 e. The van der Waals surface area contributed by atoms with Gasteiger partial charge in [0.1, 0.15) is 11.5 Å². The number of amides is 1. The van der Waals surface area contributed by atoms with Gasteiger partial charge in [-0.25, -0.2) is 0 Å². The van der Waals surface area contributed by atoms with Crippen molar-refractivity contribution >= 4 is 11.6 Å². The van der Waals surface area contributed by atoms with Gasteiger partial charge in [-0.15, -0.1) is 0 Å². The number of H-pyrrole nitrogens is 1. The lowest BCUT2D eigenvalue weighted by atomic mass is 10.2. The van der Waals surface area contributed by atoms with Crippen LogP contribution < -0.4 is 5.32 Å². The molecule has 2 N–H and O–H groups in total. The Balaban J connectivity index is 1.33. The topological polar surface area (TPSA) is 108 Å². The SMILES string of the molecule is CN1CCN(CCn2cc(NC(=O)c3ccc(-c4cn[nH]c4)o3)c(-c3ccccn3)n2)CC1. The number of carbonyl (C=O) groups is 1. The Bertz CT molecular complexity index is 1190. The minimum absolute atomic E-state index is 0.211. The molecule has 10 heteroatoms. The van der Waals surface area contributed by atoms with Gasteiger partial charge >= 0.3 is 0 Å². The minimum Gasteiger partial charge on any atom is -0.451 e. The molecule has 0 aliphatic carbocycles. The maximum atomic E-state index is 12.9. The molecule has 1 fully saturated rings. The van der Waals surface area contributed by atoms with E-state index in [9.17, 15) is 4.79 Å². The highest BCUT2D eigenvalue weighted by molar-refractivity contribution is 6.04. The van der Waals surface area contributed by atoms with Crippen LogP contribution in [0.2, 0.25) is 0 Å². The average Bonchev–Trinajstić information content (AvgIpc) is 3.60. The van der Waals surface area contributed by atoms with Crippen LogP contribution in [0.25, 0.3) is 22.7 Å². The molecular weight excluding hydrogens is 420 g/mol. The first-order valence-corrected chi connectivity index (χ1v) is 11.0. The summed E-state index contributed by atoms with van der Waals surface area (Å²) in [6, 6.07) is 9.04. The Labute approximate surface area is 191 Å². The summed E-state index contributed by atoms with van der Waals surface area (Å²) >= 11 is 0. The summed E-state index contributed by atoms with van der Waals surface area (Å²) in [5.41, 5.74) is 2.70. The van der Waals surface area contributed by atoms with Gasteiger partial charge in [-0.1, -0.05) is 6.07 Å². The van der Waals surface area contributed by atoms with Crippen molar-refractivity contribution in [3.8, 4) is 22.7 Å². The molecule has 4 aromatic heterocycles. The number of hydrogen-bond acceptors (Lipinski definition) is 7. The number of rotatable bonds is 7. The maximum Gasteiger partial charge on any atom is 0.291 e. The second-order valence-electron chi connectivity index (χ2n) is 8.12. The molecule has 33 heavy (non-hydrogen) atoms. The quantitative estimate of drug-likeness (QED) is 0.449. The van der Waals surface area contributed by atoms with E-state index in [0.29, 0.717) is 22.8 Å². The summed E-state index contributed by atoms with van der Waals surface area (Å²) in [5, 5.41) is 14.3. The highest BCUT2D eigenvalue weighted by Gasteiger charge is 2.19. The van der Waals surface area contributed by atoms with Crippen LogP contribution in [0.5, 0.6) is 0 Å². The van der Waals surface area contributed by atoms with E-state index >= 15 is 0 Å². The van der Waals surface area contributed by atoms with Crippen molar-refractivity contribution in [1.82, 2.24) is 34.8 Å². The summed E-state index contributed by atoms with van der Waals surface area (Å²) in [4.78, 5) is 22.1. The lowest BCUT2D eigenvalue weighted by Gasteiger charge is -2.32. The Morgan fingerprint density at radius 1 is 1.15 bits per heavy atom. The third-order valence-corrected chi connectivity index (χ3v) is 5.77. The molecule has 1 aliphatic rings. The third kappa shape index (κ3) is 4.86. The van der Waals surface area contributed by atoms with Crippen LogP contribution in [-0.2, 0) is 6.54 Å². The second-order valence-corrected chi connectivity index (χ2v) is 8.12. The van der Waals surface area contributed by atoms with E-state index < -0.39 is 0 Å². The largest absolute Gasteiger partial charge is 0.451 e. The molecule has 5 heterocycles. The fraction of sp³-hybridized carbons (Fsp3) is 0.304. The molecule has 0 atom stereocenters. The van der Waals surface area contributed by atoms with Gasteiger partial charge in [-0.3, -0.25) is 24.5 Å². The summed E-state index contributed by atoms with van der Waals surface area (Å²) < 4.78 is 7.60. The summed E-state index contributed by atoms with van der Waals surface area (Å²) in [7, 11) is 2.15. The Kier molecular flexibility index (Phi) is 6.01. The Morgan fingerprint density at radius 2 is 2.03 bits per heavy atom. The van der Waals surface area contributed by atoms with E-state index in [4.69, 9.17) is 9.52 Å². The number of anilines is 1. The summed E-state index contributed by atoms with van der Waals surface area (Å²) in [6.07, 6.45) is 6.93. The summed E-state index contributed by atoms with van der Waals surface area (Å²) in [6.45, 7) is 5.87. The number of aromatic amines is 1. The first kappa shape index (κ1) is 21.1. The molecule has 1 amide bonds. The maximum absolute atomic E-state index is 12.9.